The fourth-order valence-electron chi connectivity index (χ4n) is 2.69. The third-order valence-corrected chi connectivity index (χ3v) is 4.13. The summed E-state index contributed by atoms with van der Waals surface area (Å²) in [6.07, 6.45) is 3.38. The SMILES string of the molecule is CC(C)(C)NCc1noc2c1CC(C(C)(C)C)CC2. The minimum absolute atomic E-state index is 0.115. The van der Waals surface area contributed by atoms with Gasteiger partial charge in [-0.15, -0.1) is 0 Å². The van der Waals surface area contributed by atoms with E-state index in [4.69, 9.17) is 4.52 Å². The van der Waals surface area contributed by atoms with Crippen LogP contribution in [0.2, 0.25) is 0 Å². The second kappa shape index (κ2) is 4.93. The number of nitrogens with one attached hydrogen (secondary N) is 1. The lowest BCUT2D eigenvalue weighted by atomic mass is 9.71. The molecule has 1 aliphatic carbocycles. The summed E-state index contributed by atoms with van der Waals surface area (Å²) in [5.41, 5.74) is 2.95. The summed E-state index contributed by atoms with van der Waals surface area (Å²) in [4.78, 5) is 0. The summed E-state index contributed by atoms with van der Waals surface area (Å²) >= 11 is 0. The van der Waals surface area contributed by atoms with Gasteiger partial charge in [-0.1, -0.05) is 25.9 Å². The van der Waals surface area contributed by atoms with Crippen molar-refractivity contribution in [3.8, 4) is 0 Å². The smallest absolute Gasteiger partial charge is 0.140 e. The summed E-state index contributed by atoms with van der Waals surface area (Å²) < 4.78 is 5.52. The first-order chi connectivity index (χ1) is 8.67. The summed E-state index contributed by atoms with van der Waals surface area (Å²) in [6.45, 7) is 14.3. The first-order valence-electron chi connectivity index (χ1n) is 7.38. The molecule has 1 atom stereocenters. The monoisotopic (exact) mass is 264 g/mol. The average Bonchev–Trinajstić information content (AvgIpc) is 2.66. The van der Waals surface area contributed by atoms with Gasteiger partial charge in [0, 0.05) is 24.1 Å². The molecule has 0 radical (unpaired) electrons. The van der Waals surface area contributed by atoms with Gasteiger partial charge in [-0.2, -0.15) is 0 Å². The van der Waals surface area contributed by atoms with Crippen molar-refractivity contribution in [3.05, 3.63) is 17.0 Å². The summed E-state index contributed by atoms with van der Waals surface area (Å²) in [5, 5.41) is 7.79. The lowest BCUT2D eigenvalue weighted by molar-refractivity contribution is 0.206. The van der Waals surface area contributed by atoms with E-state index >= 15 is 0 Å². The molecule has 0 aromatic carbocycles. The van der Waals surface area contributed by atoms with E-state index in [1.54, 1.807) is 0 Å². The molecule has 0 amide bonds. The van der Waals surface area contributed by atoms with Crippen LogP contribution in [0.4, 0.5) is 0 Å². The van der Waals surface area contributed by atoms with Gasteiger partial charge in [0.2, 0.25) is 0 Å². The Labute approximate surface area is 117 Å². The largest absolute Gasteiger partial charge is 0.361 e. The number of aryl methyl sites for hydroxylation is 1. The predicted molar refractivity (Wildman–Crippen MR) is 78.1 cm³/mol. The number of hydrogen-bond donors (Lipinski definition) is 1. The van der Waals surface area contributed by atoms with E-state index in [1.807, 2.05) is 0 Å². The number of aromatic nitrogens is 1. The van der Waals surface area contributed by atoms with Crippen LogP contribution in [-0.4, -0.2) is 10.7 Å². The zero-order valence-electron chi connectivity index (χ0n) is 13.3. The molecule has 1 aliphatic rings. The normalized spacial score (nSPS) is 20.4. The average molecular weight is 264 g/mol. The Kier molecular flexibility index (Phi) is 3.78. The standard InChI is InChI=1S/C16H28N2O/c1-15(2,3)11-7-8-14-12(9-11)13(18-19-14)10-17-16(4,5)6/h11,17H,7-10H2,1-6H3. The van der Waals surface area contributed by atoms with Crippen LogP contribution in [0.3, 0.4) is 0 Å². The van der Waals surface area contributed by atoms with Gasteiger partial charge in [0.15, 0.2) is 0 Å². The Morgan fingerprint density at radius 2 is 1.89 bits per heavy atom. The lowest BCUT2D eigenvalue weighted by Crippen LogP contribution is -2.35. The molecule has 3 nitrogen and oxygen atoms in total. The molecule has 0 saturated carbocycles. The topological polar surface area (TPSA) is 38.1 Å². The van der Waals surface area contributed by atoms with Crippen molar-refractivity contribution in [3.63, 3.8) is 0 Å². The second-order valence-corrected chi connectivity index (χ2v) is 7.94. The third-order valence-electron chi connectivity index (χ3n) is 4.13. The van der Waals surface area contributed by atoms with Crippen molar-refractivity contribution >= 4 is 0 Å². The highest BCUT2D eigenvalue weighted by Gasteiger charge is 2.32. The van der Waals surface area contributed by atoms with E-state index in [0.29, 0.717) is 5.41 Å². The number of fused-ring (bicyclic) bond motifs is 1. The van der Waals surface area contributed by atoms with Crippen LogP contribution in [0.25, 0.3) is 0 Å². The molecule has 0 aliphatic heterocycles. The Morgan fingerprint density at radius 1 is 1.21 bits per heavy atom. The van der Waals surface area contributed by atoms with Crippen molar-refractivity contribution in [2.24, 2.45) is 11.3 Å². The molecule has 0 bridgehead atoms. The van der Waals surface area contributed by atoms with Gasteiger partial charge in [-0.3, -0.25) is 0 Å². The third kappa shape index (κ3) is 3.59. The predicted octanol–water partition coefficient (Wildman–Crippen LogP) is 3.71. The summed E-state index contributed by atoms with van der Waals surface area (Å²) in [6, 6.07) is 0. The van der Waals surface area contributed by atoms with Crippen LogP contribution >= 0.6 is 0 Å². The van der Waals surface area contributed by atoms with E-state index in [-0.39, 0.29) is 5.54 Å². The molecule has 2 rings (SSSR count). The first kappa shape index (κ1) is 14.6. The molecular weight excluding hydrogens is 236 g/mol. The second-order valence-electron chi connectivity index (χ2n) is 7.94. The van der Waals surface area contributed by atoms with Crippen LogP contribution in [-0.2, 0) is 19.4 Å². The maximum atomic E-state index is 5.52. The maximum absolute atomic E-state index is 5.52. The van der Waals surface area contributed by atoms with E-state index < -0.39 is 0 Å². The molecular formula is C16H28N2O. The van der Waals surface area contributed by atoms with Gasteiger partial charge in [-0.25, -0.2) is 0 Å². The van der Waals surface area contributed by atoms with Gasteiger partial charge in [0.1, 0.15) is 11.5 Å². The van der Waals surface area contributed by atoms with Gasteiger partial charge in [-0.05, 0) is 44.9 Å². The molecule has 0 fully saturated rings. The van der Waals surface area contributed by atoms with E-state index in [9.17, 15) is 0 Å². The van der Waals surface area contributed by atoms with Gasteiger partial charge in [0.05, 0.1) is 0 Å². The molecule has 1 heterocycles. The van der Waals surface area contributed by atoms with E-state index in [1.165, 1.54) is 12.0 Å². The molecule has 3 heteroatoms. The van der Waals surface area contributed by atoms with Crippen LogP contribution in [0, 0.1) is 11.3 Å². The molecule has 0 saturated heterocycles. The highest BCUT2D eigenvalue weighted by atomic mass is 16.5. The van der Waals surface area contributed by atoms with E-state index in [2.05, 4.69) is 52.0 Å². The molecule has 1 aromatic rings. The highest BCUT2D eigenvalue weighted by molar-refractivity contribution is 5.26. The van der Waals surface area contributed by atoms with Crippen LogP contribution < -0.4 is 5.32 Å². The fraction of sp³-hybridized carbons (Fsp3) is 0.812. The van der Waals surface area contributed by atoms with Gasteiger partial charge < -0.3 is 9.84 Å². The molecule has 1 unspecified atom stereocenters. The quantitative estimate of drug-likeness (QED) is 0.885. The lowest BCUT2D eigenvalue weighted by Gasteiger charge is -2.33. The molecule has 1 aromatic heterocycles. The Bertz CT molecular complexity index is 435. The molecule has 1 N–H and O–H groups in total. The Morgan fingerprint density at radius 3 is 2.47 bits per heavy atom. The highest BCUT2D eigenvalue weighted by Crippen LogP contribution is 2.38. The number of hydrogen-bond acceptors (Lipinski definition) is 3. The molecule has 0 spiro atoms. The van der Waals surface area contributed by atoms with Gasteiger partial charge in [0.25, 0.3) is 0 Å². The summed E-state index contributed by atoms with van der Waals surface area (Å²) in [5.74, 6) is 1.85. The molecule has 19 heavy (non-hydrogen) atoms. The van der Waals surface area contributed by atoms with Crippen LogP contribution in [0.15, 0.2) is 4.52 Å². The zero-order valence-corrected chi connectivity index (χ0v) is 13.3. The first-order valence-corrected chi connectivity index (χ1v) is 7.38. The minimum atomic E-state index is 0.115. The van der Waals surface area contributed by atoms with Crippen molar-refractivity contribution in [2.75, 3.05) is 0 Å². The maximum Gasteiger partial charge on any atom is 0.140 e. The minimum Gasteiger partial charge on any atom is -0.361 e. The Hall–Kier alpha value is -0.830. The van der Waals surface area contributed by atoms with Crippen molar-refractivity contribution < 1.29 is 4.52 Å². The number of rotatable bonds is 2. The van der Waals surface area contributed by atoms with Gasteiger partial charge >= 0.3 is 0 Å². The molecule has 108 valence electrons. The Balaban J connectivity index is 2.12. The van der Waals surface area contributed by atoms with Crippen LogP contribution in [0.1, 0.15) is 65.0 Å². The van der Waals surface area contributed by atoms with E-state index in [0.717, 1.165) is 36.8 Å². The number of nitrogens with zero attached hydrogens (tertiary/aromatic N) is 1. The summed E-state index contributed by atoms with van der Waals surface area (Å²) in [7, 11) is 0. The zero-order chi connectivity index (χ0) is 14.3. The van der Waals surface area contributed by atoms with Crippen molar-refractivity contribution in [1.29, 1.82) is 0 Å². The van der Waals surface area contributed by atoms with Crippen LogP contribution in [0.5, 0.6) is 0 Å². The fourth-order valence-corrected chi connectivity index (χ4v) is 2.69. The van der Waals surface area contributed by atoms with Crippen molar-refractivity contribution in [2.45, 2.75) is 72.9 Å². The van der Waals surface area contributed by atoms with Crippen molar-refractivity contribution in [1.82, 2.24) is 10.5 Å².